The van der Waals surface area contributed by atoms with Crippen LogP contribution in [0.1, 0.15) is 38.2 Å². The van der Waals surface area contributed by atoms with E-state index in [4.69, 9.17) is 5.73 Å². The summed E-state index contributed by atoms with van der Waals surface area (Å²) < 4.78 is 0. The van der Waals surface area contributed by atoms with Gasteiger partial charge in [0.25, 0.3) is 0 Å². The maximum Gasteiger partial charge on any atom is 0.246 e. The molecule has 2 aliphatic rings. The number of rotatable bonds is 5. The Kier molecular flexibility index (Phi) is 4.50. The van der Waals surface area contributed by atoms with Gasteiger partial charge in [-0.15, -0.1) is 0 Å². The first-order valence-electron chi connectivity index (χ1n) is 8.44. The van der Waals surface area contributed by atoms with E-state index in [9.17, 15) is 4.79 Å². The molecular weight excluding hydrogens is 274 g/mol. The highest BCUT2D eigenvalue weighted by atomic mass is 16.2. The number of nitrogens with zero attached hydrogens (tertiary/aromatic N) is 1. The Balaban J connectivity index is 1.54. The van der Waals surface area contributed by atoms with Gasteiger partial charge in [-0.05, 0) is 50.6 Å². The summed E-state index contributed by atoms with van der Waals surface area (Å²) in [6.07, 6.45) is 4.83. The number of nitrogens with one attached hydrogen (secondary N) is 1. The maximum absolute atomic E-state index is 12.8. The van der Waals surface area contributed by atoms with Gasteiger partial charge in [0.2, 0.25) is 5.91 Å². The van der Waals surface area contributed by atoms with Gasteiger partial charge in [0.05, 0.1) is 0 Å². The Hall–Kier alpha value is -1.39. The topological polar surface area (TPSA) is 58.4 Å². The maximum atomic E-state index is 12.8. The molecule has 1 aliphatic heterocycles. The summed E-state index contributed by atoms with van der Waals surface area (Å²) >= 11 is 0. The van der Waals surface area contributed by atoms with E-state index in [0.717, 1.165) is 44.0 Å². The summed E-state index contributed by atoms with van der Waals surface area (Å²) in [6.45, 7) is 4.58. The van der Waals surface area contributed by atoms with Crippen molar-refractivity contribution in [3.8, 4) is 0 Å². The molecule has 1 unspecified atom stereocenters. The van der Waals surface area contributed by atoms with E-state index in [1.807, 2.05) is 42.2 Å². The molecule has 1 heterocycles. The van der Waals surface area contributed by atoms with E-state index in [1.54, 1.807) is 0 Å². The molecule has 0 spiro atoms. The zero-order chi connectivity index (χ0) is 15.6. The van der Waals surface area contributed by atoms with Crippen LogP contribution in [-0.4, -0.2) is 36.5 Å². The molecule has 3 N–H and O–H groups in total. The summed E-state index contributed by atoms with van der Waals surface area (Å²) in [5.74, 6) is 0.949. The van der Waals surface area contributed by atoms with Crippen LogP contribution in [0.15, 0.2) is 30.3 Å². The molecule has 4 nitrogen and oxygen atoms in total. The minimum atomic E-state index is -0.935. The van der Waals surface area contributed by atoms with Crippen LogP contribution in [-0.2, 0) is 10.3 Å². The van der Waals surface area contributed by atoms with Crippen molar-refractivity contribution in [2.75, 3.05) is 19.6 Å². The average molecular weight is 301 g/mol. The molecule has 3 rings (SSSR count). The Morgan fingerprint density at radius 1 is 1.23 bits per heavy atom. The summed E-state index contributed by atoms with van der Waals surface area (Å²) in [5, 5.41) is 3.64. The van der Waals surface area contributed by atoms with Crippen LogP contribution in [0.3, 0.4) is 0 Å². The fraction of sp³-hybridized carbons (Fsp3) is 0.611. The number of amides is 1. The van der Waals surface area contributed by atoms with Crippen molar-refractivity contribution in [3.05, 3.63) is 35.9 Å². The van der Waals surface area contributed by atoms with Gasteiger partial charge in [0.1, 0.15) is 5.54 Å². The normalized spacial score (nSPS) is 22.4. The fourth-order valence-corrected chi connectivity index (χ4v) is 3.18. The van der Waals surface area contributed by atoms with Crippen molar-refractivity contribution in [1.82, 2.24) is 10.2 Å². The third-order valence-electron chi connectivity index (χ3n) is 4.99. The van der Waals surface area contributed by atoms with Gasteiger partial charge in [-0.2, -0.15) is 0 Å². The molecule has 2 fully saturated rings. The minimum absolute atomic E-state index is 0.0411. The second-order valence-corrected chi connectivity index (χ2v) is 6.99. The Morgan fingerprint density at radius 3 is 2.45 bits per heavy atom. The molecule has 1 saturated carbocycles. The van der Waals surface area contributed by atoms with Crippen molar-refractivity contribution in [3.63, 3.8) is 0 Å². The van der Waals surface area contributed by atoms with Crippen LogP contribution in [0, 0.1) is 5.92 Å². The quantitative estimate of drug-likeness (QED) is 0.872. The predicted octanol–water partition coefficient (Wildman–Crippen LogP) is 1.85. The van der Waals surface area contributed by atoms with Gasteiger partial charge in [-0.1, -0.05) is 30.3 Å². The molecule has 1 amide bonds. The zero-order valence-electron chi connectivity index (χ0n) is 13.4. The third-order valence-corrected chi connectivity index (χ3v) is 4.99. The monoisotopic (exact) mass is 301 g/mol. The molecule has 120 valence electrons. The molecule has 22 heavy (non-hydrogen) atoms. The lowest BCUT2D eigenvalue weighted by Gasteiger charge is -2.37. The highest BCUT2D eigenvalue weighted by Crippen LogP contribution is 2.28. The highest BCUT2D eigenvalue weighted by molar-refractivity contribution is 5.87. The lowest BCUT2D eigenvalue weighted by Crippen LogP contribution is -2.54. The van der Waals surface area contributed by atoms with Crippen LogP contribution in [0.25, 0.3) is 0 Å². The van der Waals surface area contributed by atoms with E-state index in [0.29, 0.717) is 6.04 Å². The molecule has 0 radical (unpaired) electrons. The summed E-state index contributed by atoms with van der Waals surface area (Å²) in [5.41, 5.74) is 6.30. The van der Waals surface area contributed by atoms with Crippen molar-refractivity contribution in [2.45, 2.75) is 44.2 Å². The largest absolute Gasteiger partial charge is 0.341 e. The van der Waals surface area contributed by atoms with E-state index < -0.39 is 5.54 Å². The van der Waals surface area contributed by atoms with Gasteiger partial charge in [0.15, 0.2) is 0 Å². The molecular formula is C18H27N3O. The van der Waals surface area contributed by atoms with Crippen LogP contribution in [0.2, 0.25) is 0 Å². The van der Waals surface area contributed by atoms with Crippen LogP contribution in [0.4, 0.5) is 0 Å². The molecule has 4 heteroatoms. The molecule has 1 saturated heterocycles. The summed E-state index contributed by atoms with van der Waals surface area (Å²) in [6, 6.07) is 10.2. The zero-order valence-corrected chi connectivity index (χ0v) is 13.4. The second kappa shape index (κ2) is 6.39. The fourth-order valence-electron chi connectivity index (χ4n) is 3.18. The number of hydrogen-bond acceptors (Lipinski definition) is 3. The van der Waals surface area contributed by atoms with Crippen molar-refractivity contribution in [1.29, 1.82) is 0 Å². The first kappa shape index (κ1) is 15.5. The molecule has 0 bridgehead atoms. The first-order chi connectivity index (χ1) is 10.6. The lowest BCUT2D eigenvalue weighted by molar-refractivity contribution is -0.137. The smallest absolute Gasteiger partial charge is 0.246 e. The first-order valence-corrected chi connectivity index (χ1v) is 8.44. The number of carbonyl (C=O) groups excluding carboxylic acids is 1. The van der Waals surface area contributed by atoms with Gasteiger partial charge >= 0.3 is 0 Å². The molecule has 0 aromatic heterocycles. The van der Waals surface area contributed by atoms with Crippen LogP contribution in [0.5, 0.6) is 0 Å². The van der Waals surface area contributed by atoms with Gasteiger partial charge in [-0.3, -0.25) is 4.79 Å². The molecule has 1 aliphatic carbocycles. The summed E-state index contributed by atoms with van der Waals surface area (Å²) in [4.78, 5) is 14.7. The van der Waals surface area contributed by atoms with Crippen LogP contribution >= 0.6 is 0 Å². The SMILES string of the molecule is CC(N)(C(=O)N1CCC(NCC2CC2)CC1)c1ccccc1. The highest BCUT2D eigenvalue weighted by Gasteiger charge is 2.36. The van der Waals surface area contributed by atoms with Crippen molar-refractivity contribution < 1.29 is 4.79 Å². The van der Waals surface area contributed by atoms with Gasteiger partial charge in [-0.25, -0.2) is 0 Å². The molecule has 1 atom stereocenters. The number of benzene rings is 1. The van der Waals surface area contributed by atoms with E-state index >= 15 is 0 Å². The Morgan fingerprint density at radius 2 is 1.86 bits per heavy atom. The lowest BCUT2D eigenvalue weighted by atomic mass is 9.90. The minimum Gasteiger partial charge on any atom is -0.341 e. The van der Waals surface area contributed by atoms with Gasteiger partial charge in [0, 0.05) is 19.1 Å². The molecule has 1 aromatic carbocycles. The van der Waals surface area contributed by atoms with Crippen molar-refractivity contribution in [2.24, 2.45) is 11.7 Å². The van der Waals surface area contributed by atoms with E-state index in [1.165, 1.54) is 12.8 Å². The van der Waals surface area contributed by atoms with E-state index in [2.05, 4.69) is 5.32 Å². The van der Waals surface area contributed by atoms with E-state index in [-0.39, 0.29) is 5.91 Å². The number of carbonyl (C=O) groups is 1. The number of hydrogen-bond donors (Lipinski definition) is 2. The van der Waals surface area contributed by atoms with Crippen molar-refractivity contribution >= 4 is 5.91 Å². The Bertz CT molecular complexity index is 502. The predicted molar refractivity (Wildman–Crippen MR) is 88.3 cm³/mol. The number of nitrogens with two attached hydrogens (primary N) is 1. The number of piperidine rings is 1. The molecule has 1 aromatic rings. The third kappa shape index (κ3) is 3.50. The Labute approximate surface area is 133 Å². The summed E-state index contributed by atoms with van der Waals surface area (Å²) in [7, 11) is 0. The van der Waals surface area contributed by atoms with Crippen LogP contribution < -0.4 is 11.1 Å². The standard InChI is InChI=1S/C18H27N3O/c1-18(19,15-5-3-2-4-6-15)17(22)21-11-9-16(10-12-21)20-13-14-7-8-14/h2-6,14,16,20H,7-13,19H2,1H3. The average Bonchev–Trinajstić information content (AvgIpc) is 3.38. The number of likely N-dealkylation sites (tertiary alicyclic amines) is 1. The second-order valence-electron chi connectivity index (χ2n) is 6.99. The van der Waals surface area contributed by atoms with Gasteiger partial charge < -0.3 is 16.0 Å².